The first-order chi connectivity index (χ1) is 12.7. The van der Waals surface area contributed by atoms with E-state index in [-0.39, 0.29) is 24.1 Å². The van der Waals surface area contributed by atoms with Gasteiger partial charge in [0.25, 0.3) is 0 Å². The first-order valence-corrected chi connectivity index (χ1v) is 9.54. The van der Waals surface area contributed by atoms with Crippen LogP contribution >= 0.6 is 23.2 Å². The van der Waals surface area contributed by atoms with Gasteiger partial charge in [0, 0.05) is 6.42 Å². The van der Waals surface area contributed by atoms with Crippen LogP contribution in [0.15, 0.2) is 0 Å². The number of epoxide rings is 1. The van der Waals surface area contributed by atoms with Crippen LogP contribution in [0, 0.1) is 5.92 Å². The van der Waals surface area contributed by atoms with E-state index in [0.29, 0.717) is 19.4 Å². The fourth-order valence-corrected chi connectivity index (χ4v) is 3.62. The molecule has 4 amide bonds. The Balaban J connectivity index is 2.12. The normalized spacial score (nSPS) is 29.1. The second-order valence-corrected chi connectivity index (χ2v) is 7.38. The summed E-state index contributed by atoms with van der Waals surface area (Å²) < 4.78 is 16.6. The number of ether oxygens (including phenoxy) is 3. The summed E-state index contributed by atoms with van der Waals surface area (Å²) in [7, 11) is 0. The van der Waals surface area contributed by atoms with E-state index in [4.69, 9.17) is 37.4 Å². The van der Waals surface area contributed by atoms with E-state index in [1.165, 1.54) is 0 Å². The molecule has 27 heavy (non-hydrogen) atoms. The summed E-state index contributed by atoms with van der Waals surface area (Å²) in [6, 6.07) is 0. The molecule has 0 bridgehead atoms. The molecule has 0 aromatic heterocycles. The van der Waals surface area contributed by atoms with Gasteiger partial charge in [-0.2, -0.15) is 0 Å². The summed E-state index contributed by atoms with van der Waals surface area (Å²) in [4.78, 5) is 46.6. The van der Waals surface area contributed by atoms with Gasteiger partial charge in [-0.15, -0.1) is 23.2 Å². The first-order valence-electron chi connectivity index (χ1n) is 8.47. The monoisotopic (exact) mass is 424 g/mol. The third-order valence-electron chi connectivity index (χ3n) is 4.87. The molecule has 0 radical (unpaired) electrons. The largest absolute Gasteiger partial charge is 0.446 e. The maximum Gasteiger partial charge on any atom is 0.414 e. The summed E-state index contributed by atoms with van der Waals surface area (Å²) >= 11 is 10.7. The Hall–Kier alpha value is -1.58. The number of imide groups is 2. The number of nitrogens with one attached hydrogen (secondary N) is 2. The lowest BCUT2D eigenvalue weighted by Gasteiger charge is -2.46. The van der Waals surface area contributed by atoms with Gasteiger partial charge < -0.3 is 14.2 Å². The topological polar surface area (TPSA) is 123 Å². The van der Waals surface area contributed by atoms with Crippen molar-refractivity contribution in [2.24, 2.45) is 5.92 Å². The molecular formula is C16H22Cl2N2O7. The Morgan fingerprint density at radius 3 is 2.15 bits per heavy atom. The predicted molar refractivity (Wildman–Crippen MR) is 94.6 cm³/mol. The zero-order chi connectivity index (χ0) is 20.2. The van der Waals surface area contributed by atoms with Crippen LogP contribution in [0.1, 0.15) is 33.1 Å². The highest BCUT2D eigenvalue weighted by molar-refractivity contribution is 6.28. The van der Waals surface area contributed by atoms with Crippen LogP contribution in [0.5, 0.6) is 0 Å². The van der Waals surface area contributed by atoms with E-state index in [0.717, 1.165) is 0 Å². The van der Waals surface area contributed by atoms with E-state index >= 15 is 0 Å². The molecule has 1 saturated heterocycles. The Morgan fingerprint density at radius 2 is 1.67 bits per heavy atom. The molecule has 1 aliphatic carbocycles. The molecule has 1 heterocycles. The van der Waals surface area contributed by atoms with Crippen LogP contribution in [0.2, 0.25) is 0 Å². The molecule has 0 aromatic carbocycles. The molecule has 2 aliphatic rings. The zero-order valence-electron chi connectivity index (χ0n) is 15.0. The van der Waals surface area contributed by atoms with Crippen LogP contribution in [0.3, 0.4) is 0 Å². The number of hydrogen-bond acceptors (Lipinski definition) is 7. The van der Waals surface area contributed by atoms with Gasteiger partial charge in [0.15, 0.2) is 5.60 Å². The molecule has 3 unspecified atom stereocenters. The Labute approximate surface area is 166 Å². The van der Waals surface area contributed by atoms with Crippen LogP contribution in [0.4, 0.5) is 9.59 Å². The van der Waals surface area contributed by atoms with Crippen molar-refractivity contribution in [3.63, 3.8) is 0 Å². The smallest absolute Gasteiger partial charge is 0.414 e. The number of alkyl carbamates (subject to hydrolysis) is 2. The number of rotatable bonds is 5. The molecule has 2 fully saturated rings. The van der Waals surface area contributed by atoms with Crippen LogP contribution in [0.25, 0.3) is 0 Å². The molecule has 1 spiro atoms. The Morgan fingerprint density at radius 1 is 1.11 bits per heavy atom. The second-order valence-electron chi connectivity index (χ2n) is 6.85. The summed E-state index contributed by atoms with van der Waals surface area (Å²) in [5, 5.41) is 4.05. The fraction of sp³-hybridized carbons (Fsp3) is 0.750. The molecule has 1 saturated carbocycles. The minimum Gasteiger partial charge on any atom is -0.446 e. The molecule has 9 nitrogen and oxygen atoms in total. The van der Waals surface area contributed by atoms with Crippen molar-refractivity contribution >= 4 is 47.2 Å². The summed E-state index contributed by atoms with van der Waals surface area (Å²) in [5.41, 5.74) is -1.80. The van der Waals surface area contributed by atoms with E-state index in [9.17, 15) is 19.2 Å². The summed E-state index contributed by atoms with van der Waals surface area (Å²) in [6.45, 7) is 4.09. The minimum absolute atomic E-state index is 0.162. The lowest BCUT2D eigenvalue weighted by atomic mass is 9.68. The van der Waals surface area contributed by atoms with Gasteiger partial charge in [-0.25, -0.2) is 9.59 Å². The van der Waals surface area contributed by atoms with E-state index in [1.807, 2.05) is 24.5 Å². The Kier molecular flexibility index (Phi) is 6.93. The molecule has 2 rings (SSSR count). The van der Waals surface area contributed by atoms with Gasteiger partial charge in [0.05, 0.1) is 6.61 Å². The SMILES string of the molecule is CC(C)C1(OC(=O)NC(=O)CCl)CC(OC(=O)NC(=O)CCl)CCC12CO2. The van der Waals surface area contributed by atoms with Gasteiger partial charge in [0.2, 0.25) is 11.8 Å². The van der Waals surface area contributed by atoms with Crippen molar-refractivity contribution < 1.29 is 33.4 Å². The average Bonchev–Trinajstić information content (AvgIpc) is 3.38. The van der Waals surface area contributed by atoms with Crippen molar-refractivity contribution in [3.8, 4) is 0 Å². The average molecular weight is 425 g/mol. The van der Waals surface area contributed by atoms with Crippen molar-refractivity contribution in [1.82, 2.24) is 10.6 Å². The number of carbonyl (C=O) groups is 4. The van der Waals surface area contributed by atoms with E-state index in [2.05, 4.69) is 0 Å². The number of halogens is 2. The number of hydrogen-bond donors (Lipinski definition) is 2. The molecule has 0 aromatic rings. The minimum atomic E-state index is -1.11. The van der Waals surface area contributed by atoms with Gasteiger partial charge in [-0.1, -0.05) is 13.8 Å². The standard InChI is InChI=1S/C16H22Cl2N2O7/c1-9(2)16(27-14(24)20-12(22)7-18)5-10(3-4-15(16)8-25-15)26-13(23)19-11(21)6-17/h9-10H,3-8H2,1-2H3,(H,19,21,23)(H,20,22,24). The van der Waals surface area contributed by atoms with Gasteiger partial charge >= 0.3 is 12.2 Å². The highest BCUT2D eigenvalue weighted by atomic mass is 35.5. The first kappa shape index (κ1) is 21.7. The third kappa shape index (κ3) is 4.83. The zero-order valence-corrected chi connectivity index (χ0v) is 16.5. The summed E-state index contributed by atoms with van der Waals surface area (Å²) in [6.07, 6.45) is -1.34. The van der Waals surface area contributed by atoms with Gasteiger partial charge in [0.1, 0.15) is 23.5 Å². The van der Waals surface area contributed by atoms with E-state index in [1.54, 1.807) is 0 Å². The molecule has 1 aliphatic heterocycles. The van der Waals surface area contributed by atoms with Crippen LogP contribution in [-0.2, 0) is 23.8 Å². The van der Waals surface area contributed by atoms with Gasteiger partial charge in [-0.3, -0.25) is 20.2 Å². The van der Waals surface area contributed by atoms with E-state index < -0.39 is 41.3 Å². The highest BCUT2D eigenvalue weighted by Gasteiger charge is 2.68. The number of amides is 4. The maximum absolute atomic E-state index is 12.2. The van der Waals surface area contributed by atoms with Crippen molar-refractivity contribution in [3.05, 3.63) is 0 Å². The second kappa shape index (κ2) is 8.62. The fourth-order valence-electron chi connectivity index (χ4n) is 3.49. The Bertz CT molecular complexity index is 624. The van der Waals surface area contributed by atoms with Crippen LogP contribution in [-0.4, -0.2) is 59.7 Å². The number of carbonyl (C=O) groups excluding carboxylic acids is 4. The lowest BCUT2D eigenvalue weighted by molar-refractivity contribution is -0.136. The van der Waals surface area contributed by atoms with Gasteiger partial charge in [-0.05, 0) is 18.8 Å². The molecule has 3 atom stereocenters. The van der Waals surface area contributed by atoms with Crippen molar-refractivity contribution in [1.29, 1.82) is 0 Å². The lowest BCUT2D eigenvalue weighted by Crippen LogP contribution is -2.60. The van der Waals surface area contributed by atoms with Crippen molar-refractivity contribution in [2.75, 3.05) is 18.4 Å². The molecule has 2 N–H and O–H groups in total. The molecule has 11 heteroatoms. The number of alkyl halides is 2. The van der Waals surface area contributed by atoms with Crippen LogP contribution < -0.4 is 10.6 Å². The molecular weight excluding hydrogens is 403 g/mol. The summed E-state index contributed by atoms with van der Waals surface area (Å²) in [5.74, 6) is -2.31. The highest BCUT2D eigenvalue weighted by Crippen LogP contribution is 2.54. The third-order valence-corrected chi connectivity index (χ3v) is 5.36. The van der Waals surface area contributed by atoms with Crippen molar-refractivity contribution in [2.45, 2.75) is 50.4 Å². The maximum atomic E-state index is 12.2. The quantitative estimate of drug-likeness (QED) is 0.508. The predicted octanol–water partition coefficient (Wildman–Crippen LogP) is 1.69. The molecule has 152 valence electrons.